The Hall–Kier alpha value is -3.60. The number of non-ortho nitro benzene ring substituents is 1. The van der Waals surface area contributed by atoms with Gasteiger partial charge in [-0.1, -0.05) is 0 Å². The molecule has 2 heterocycles. The van der Waals surface area contributed by atoms with E-state index >= 15 is 0 Å². The standard InChI is InChI=1S/C23H30N6O5/c1-18-16-25-21(17-24-18)23(31)28(9-3-15-34-2)10-8-22(30)27-13-11-26(12-14-27)19-4-6-20(7-5-19)29(32)33/h4-7,16-17H,3,8-15H2,1-2H3. The molecule has 2 aromatic rings. The Labute approximate surface area is 198 Å². The second-order valence-corrected chi connectivity index (χ2v) is 8.07. The molecule has 1 aliphatic rings. The lowest BCUT2D eigenvalue weighted by atomic mass is 10.2. The number of hydrogen-bond donors (Lipinski definition) is 0. The van der Waals surface area contributed by atoms with E-state index in [0.29, 0.717) is 52.3 Å². The number of carbonyl (C=O) groups is 2. The number of nitro benzene ring substituents is 1. The predicted molar refractivity (Wildman–Crippen MR) is 126 cm³/mol. The van der Waals surface area contributed by atoms with Crippen LogP contribution in [-0.4, -0.2) is 89.5 Å². The Morgan fingerprint density at radius 1 is 1.09 bits per heavy atom. The largest absolute Gasteiger partial charge is 0.385 e. The summed E-state index contributed by atoms with van der Waals surface area (Å²) in [5, 5.41) is 10.8. The Morgan fingerprint density at radius 2 is 1.79 bits per heavy atom. The summed E-state index contributed by atoms with van der Waals surface area (Å²) < 4.78 is 5.10. The van der Waals surface area contributed by atoms with E-state index in [4.69, 9.17) is 4.74 Å². The van der Waals surface area contributed by atoms with Gasteiger partial charge >= 0.3 is 0 Å². The van der Waals surface area contributed by atoms with Crippen molar-refractivity contribution in [2.45, 2.75) is 19.8 Å². The van der Waals surface area contributed by atoms with E-state index in [1.165, 1.54) is 18.3 Å². The van der Waals surface area contributed by atoms with Crippen molar-refractivity contribution >= 4 is 23.2 Å². The number of anilines is 1. The van der Waals surface area contributed by atoms with Crippen LogP contribution in [0.4, 0.5) is 11.4 Å². The van der Waals surface area contributed by atoms with E-state index in [2.05, 4.69) is 14.9 Å². The Morgan fingerprint density at radius 3 is 2.38 bits per heavy atom. The molecule has 182 valence electrons. The molecule has 11 nitrogen and oxygen atoms in total. The van der Waals surface area contributed by atoms with Crippen LogP contribution >= 0.6 is 0 Å². The molecule has 34 heavy (non-hydrogen) atoms. The summed E-state index contributed by atoms with van der Waals surface area (Å²) in [5.41, 5.74) is 1.93. The summed E-state index contributed by atoms with van der Waals surface area (Å²) in [5.74, 6) is -0.262. The summed E-state index contributed by atoms with van der Waals surface area (Å²) in [6, 6.07) is 6.43. The molecule has 0 N–H and O–H groups in total. The first-order valence-electron chi connectivity index (χ1n) is 11.2. The molecular formula is C23H30N6O5. The number of aryl methyl sites for hydroxylation is 1. The average Bonchev–Trinajstić information content (AvgIpc) is 2.86. The molecule has 1 aromatic carbocycles. The van der Waals surface area contributed by atoms with Crippen LogP contribution in [0.2, 0.25) is 0 Å². The molecule has 2 amide bonds. The predicted octanol–water partition coefficient (Wildman–Crippen LogP) is 1.91. The number of nitrogens with zero attached hydrogens (tertiary/aromatic N) is 6. The van der Waals surface area contributed by atoms with Gasteiger partial charge < -0.3 is 19.4 Å². The fraction of sp³-hybridized carbons (Fsp3) is 0.478. The molecule has 0 aliphatic carbocycles. The van der Waals surface area contributed by atoms with Crippen LogP contribution in [-0.2, 0) is 9.53 Å². The van der Waals surface area contributed by atoms with E-state index < -0.39 is 4.92 Å². The zero-order chi connectivity index (χ0) is 24.5. The zero-order valence-electron chi connectivity index (χ0n) is 19.6. The van der Waals surface area contributed by atoms with Gasteiger partial charge in [-0.15, -0.1) is 0 Å². The van der Waals surface area contributed by atoms with Gasteiger partial charge in [0.1, 0.15) is 5.69 Å². The van der Waals surface area contributed by atoms with Crippen LogP contribution in [0.25, 0.3) is 0 Å². The highest BCUT2D eigenvalue weighted by molar-refractivity contribution is 5.92. The number of amides is 2. The Bertz CT molecular complexity index is 974. The lowest BCUT2D eigenvalue weighted by Crippen LogP contribution is -2.49. The molecule has 0 bridgehead atoms. The van der Waals surface area contributed by atoms with Crippen molar-refractivity contribution in [2.24, 2.45) is 0 Å². The first-order chi connectivity index (χ1) is 16.4. The molecule has 1 aliphatic heterocycles. The van der Waals surface area contributed by atoms with Crippen molar-refractivity contribution in [3.8, 4) is 0 Å². The lowest BCUT2D eigenvalue weighted by Gasteiger charge is -2.36. The average molecular weight is 471 g/mol. The quantitative estimate of drug-likeness (QED) is 0.293. The van der Waals surface area contributed by atoms with E-state index in [-0.39, 0.29) is 29.6 Å². The normalized spacial score (nSPS) is 13.6. The van der Waals surface area contributed by atoms with Crippen molar-refractivity contribution in [3.05, 3.63) is 58.2 Å². The van der Waals surface area contributed by atoms with E-state index in [0.717, 1.165) is 11.4 Å². The number of ether oxygens (including phenoxy) is 1. The molecule has 0 radical (unpaired) electrons. The number of rotatable bonds is 10. The van der Waals surface area contributed by atoms with Gasteiger partial charge in [0.2, 0.25) is 5.91 Å². The first kappa shape index (κ1) is 25.0. The maximum atomic E-state index is 12.9. The monoisotopic (exact) mass is 470 g/mol. The third kappa shape index (κ3) is 6.70. The minimum atomic E-state index is -0.422. The van der Waals surface area contributed by atoms with Gasteiger partial charge in [-0.2, -0.15) is 0 Å². The van der Waals surface area contributed by atoms with Crippen molar-refractivity contribution < 1.29 is 19.2 Å². The van der Waals surface area contributed by atoms with Gasteiger partial charge in [-0.3, -0.25) is 24.7 Å². The SMILES string of the molecule is COCCCN(CCC(=O)N1CCN(c2ccc([N+](=O)[O-])cc2)CC1)C(=O)c1cnc(C)cn1. The number of nitro groups is 1. The van der Waals surface area contributed by atoms with Crippen LogP contribution in [0, 0.1) is 17.0 Å². The van der Waals surface area contributed by atoms with Gasteiger partial charge in [0.05, 0.1) is 16.8 Å². The van der Waals surface area contributed by atoms with Crippen LogP contribution in [0.1, 0.15) is 29.0 Å². The lowest BCUT2D eigenvalue weighted by molar-refractivity contribution is -0.384. The molecule has 0 atom stereocenters. The number of aromatic nitrogens is 2. The van der Waals surface area contributed by atoms with Crippen molar-refractivity contribution in [1.29, 1.82) is 0 Å². The topological polar surface area (TPSA) is 122 Å². The van der Waals surface area contributed by atoms with Crippen molar-refractivity contribution in [3.63, 3.8) is 0 Å². The van der Waals surface area contributed by atoms with Crippen LogP contribution in [0.5, 0.6) is 0 Å². The third-order valence-electron chi connectivity index (χ3n) is 5.72. The van der Waals surface area contributed by atoms with Gasteiger partial charge in [-0.25, -0.2) is 4.98 Å². The van der Waals surface area contributed by atoms with Crippen molar-refractivity contribution in [1.82, 2.24) is 19.8 Å². The summed E-state index contributed by atoms with van der Waals surface area (Å²) in [6.07, 6.45) is 3.88. The zero-order valence-corrected chi connectivity index (χ0v) is 19.6. The van der Waals surface area contributed by atoms with Gasteiger partial charge in [-0.05, 0) is 25.5 Å². The summed E-state index contributed by atoms with van der Waals surface area (Å²) in [6.45, 7) is 5.45. The van der Waals surface area contributed by atoms with Crippen LogP contribution in [0.15, 0.2) is 36.7 Å². The molecule has 11 heteroatoms. The molecule has 1 aromatic heterocycles. The van der Waals surface area contributed by atoms with E-state index in [1.54, 1.807) is 42.2 Å². The molecule has 0 unspecified atom stereocenters. The summed E-state index contributed by atoms with van der Waals surface area (Å²) >= 11 is 0. The number of hydrogen-bond acceptors (Lipinski definition) is 8. The molecule has 0 spiro atoms. The first-order valence-corrected chi connectivity index (χ1v) is 11.2. The maximum absolute atomic E-state index is 12.9. The van der Waals surface area contributed by atoms with Crippen molar-refractivity contribution in [2.75, 3.05) is 57.9 Å². The smallest absolute Gasteiger partial charge is 0.274 e. The number of carbonyl (C=O) groups excluding carboxylic acids is 2. The van der Waals surface area contributed by atoms with Gasteiger partial charge in [0.15, 0.2) is 0 Å². The molecule has 3 rings (SSSR count). The van der Waals surface area contributed by atoms with Gasteiger partial charge in [0, 0.05) is 83.4 Å². The minimum absolute atomic E-state index is 0.0112. The maximum Gasteiger partial charge on any atom is 0.274 e. The van der Waals surface area contributed by atoms with Gasteiger partial charge in [0.25, 0.3) is 11.6 Å². The summed E-state index contributed by atoms with van der Waals surface area (Å²) in [4.78, 5) is 50.0. The van der Waals surface area contributed by atoms with E-state index in [1.807, 2.05) is 0 Å². The van der Waals surface area contributed by atoms with Crippen LogP contribution < -0.4 is 4.90 Å². The van der Waals surface area contributed by atoms with Crippen LogP contribution in [0.3, 0.4) is 0 Å². The fourth-order valence-electron chi connectivity index (χ4n) is 3.77. The van der Waals surface area contributed by atoms with E-state index in [9.17, 15) is 19.7 Å². The second-order valence-electron chi connectivity index (χ2n) is 8.07. The number of methoxy groups -OCH3 is 1. The Balaban J connectivity index is 1.53. The minimum Gasteiger partial charge on any atom is -0.385 e. The highest BCUT2D eigenvalue weighted by Gasteiger charge is 2.24. The highest BCUT2D eigenvalue weighted by atomic mass is 16.6. The molecule has 1 fully saturated rings. The number of benzene rings is 1. The fourth-order valence-corrected chi connectivity index (χ4v) is 3.77. The number of piperazine rings is 1. The summed E-state index contributed by atoms with van der Waals surface area (Å²) in [7, 11) is 1.61. The Kier molecular flexibility index (Phi) is 8.86. The molecule has 1 saturated heterocycles. The molecular weight excluding hydrogens is 440 g/mol. The molecule has 0 saturated carbocycles. The highest BCUT2D eigenvalue weighted by Crippen LogP contribution is 2.21. The third-order valence-corrected chi connectivity index (χ3v) is 5.72. The second kappa shape index (κ2) is 12.0.